The molecule has 1 saturated heterocycles. The Balaban J connectivity index is 1.38. The summed E-state index contributed by atoms with van der Waals surface area (Å²) in [6.07, 6.45) is 3.95. The summed E-state index contributed by atoms with van der Waals surface area (Å²) in [4.78, 5) is 27.5. The lowest BCUT2D eigenvalue weighted by Gasteiger charge is -2.33. The van der Waals surface area contributed by atoms with Gasteiger partial charge in [-0.2, -0.15) is 5.10 Å². The fourth-order valence-corrected chi connectivity index (χ4v) is 3.86. The van der Waals surface area contributed by atoms with E-state index in [-0.39, 0.29) is 23.8 Å². The van der Waals surface area contributed by atoms with Crippen LogP contribution in [-0.2, 0) is 4.79 Å². The SMILES string of the molecule is O=C(c1ccccc1)N1CCC(C(=O)N2N=CCC2c2ccccc2)CC1. The molecule has 0 aromatic heterocycles. The van der Waals surface area contributed by atoms with Crippen LogP contribution in [0.3, 0.4) is 0 Å². The Bertz CT molecular complexity index is 827. The summed E-state index contributed by atoms with van der Waals surface area (Å²) < 4.78 is 0. The predicted molar refractivity (Wildman–Crippen MR) is 104 cm³/mol. The number of likely N-dealkylation sites (tertiary alicyclic amines) is 1. The lowest BCUT2D eigenvalue weighted by Crippen LogP contribution is -2.43. The number of carbonyl (C=O) groups is 2. The van der Waals surface area contributed by atoms with E-state index in [4.69, 9.17) is 0 Å². The van der Waals surface area contributed by atoms with Crippen molar-refractivity contribution in [1.29, 1.82) is 0 Å². The summed E-state index contributed by atoms with van der Waals surface area (Å²) in [5.41, 5.74) is 1.82. The largest absolute Gasteiger partial charge is 0.339 e. The van der Waals surface area contributed by atoms with Crippen molar-refractivity contribution in [3.63, 3.8) is 0 Å². The van der Waals surface area contributed by atoms with Crippen molar-refractivity contribution < 1.29 is 9.59 Å². The molecule has 2 aliphatic heterocycles. The smallest absolute Gasteiger partial charge is 0.253 e. The molecular formula is C22H23N3O2. The molecule has 0 aliphatic carbocycles. The minimum Gasteiger partial charge on any atom is -0.339 e. The highest BCUT2D eigenvalue weighted by atomic mass is 16.2. The molecule has 0 bridgehead atoms. The van der Waals surface area contributed by atoms with Gasteiger partial charge in [0, 0.05) is 37.2 Å². The summed E-state index contributed by atoms with van der Waals surface area (Å²) in [5.74, 6) is 0.0403. The molecule has 2 heterocycles. The lowest BCUT2D eigenvalue weighted by atomic mass is 9.94. The van der Waals surface area contributed by atoms with E-state index in [2.05, 4.69) is 5.10 Å². The summed E-state index contributed by atoms with van der Waals surface area (Å²) in [6, 6.07) is 19.4. The molecule has 1 atom stereocenters. The zero-order valence-electron chi connectivity index (χ0n) is 15.2. The Morgan fingerprint density at radius 3 is 2.19 bits per heavy atom. The molecule has 27 heavy (non-hydrogen) atoms. The van der Waals surface area contributed by atoms with Gasteiger partial charge >= 0.3 is 0 Å². The number of hydrazone groups is 1. The first-order chi connectivity index (χ1) is 13.2. The van der Waals surface area contributed by atoms with Gasteiger partial charge in [-0.1, -0.05) is 48.5 Å². The minimum absolute atomic E-state index is 0.0114. The molecule has 5 nitrogen and oxygen atoms in total. The molecule has 1 unspecified atom stereocenters. The van der Waals surface area contributed by atoms with Crippen molar-refractivity contribution in [2.24, 2.45) is 11.0 Å². The third-order valence-electron chi connectivity index (χ3n) is 5.39. The van der Waals surface area contributed by atoms with Crippen LogP contribution in [0.1, 0.15) is 41.2 Å². The maximum atomic E-state index is 13.0. The van der Waals surface area contributed by atoms with Gasteiger partial charge in [0.1, 0.15) is 0 Å². The number of rotatable bonds is 3. The van der Waals surface area contributed by atoms with Crippen LogP contribution in [0.25, 0.3) is 0 Å². The van der Waals surface area contributed by atoms with E-state index in [9.17, 15) is 9.59 Å². The zero-order chi connectivity index (χ0) is 18.6. The van der Waals surface area contributed by atoms with E-state index >= 15 is 0 Å². The minimum atomic E-state index is -0.0775. The second-order valence-corrected chi connectivity index (χ2v) is 7.08. The van der Waals surface area contributed by atoms with Crippen LogP contribution < -0.4 is 0 Å². The number of hydrogen-bond acceptors (Lipinski definition) is 3. The van der Waals surface area contributed by atoms with Gasteiger partial charge < -0.3 is 4.90 Å². The highest BCUT2D eigenvalue weighted by Crippen LogP contribution is 2.31. The summed E-state index contributed by atoms with van der Waals surface area (Å²) in [6.45, 7) is 1.22. The molecule has 2 aliphatic rings. The van der Waals surface area contributed by atoms with Gasteiger partial charge in [0.2, 0.25) is 5.91 Å². The monoisotopic (exact) mass is 361 g/mol. The predicted octanol–water partition coefficient (Wildman–Crippen LogP) is 3.50. The van der Waals surface area contributed by atoms with Crippen molar-refractivity contribution >= 4 is 18.0 Å². The second-order valence-electron chi connectivity index (χ2n) is 7.08. The third-order valence-corrected chi connectivity index (χ3v) is 5.39. The van der Waals surface area contributed by atoms with Crippen molar-refractivity contribution in [1.82, 2.24) is 9.91 Å². The first-order valence-corrected chi connectivity index (χ1v) is 9.49. The molecule has 2 aromatic carbocycles. The van der Waals surface area contributed by atoms with Gasteiger partial charge in [-0.3, -0.25) is 9.59 Å². The van der Waals surface area contributed by atoms with Crippen LogP contribution in [0.2, 0.25) is 0 Å². The number of hydrogen-bond donors (Lipinski definition) is 0. The van der Waals surface area contributed by atoms with E-state index in [1.807, 2.05) is 71.8 Å². The lowest BCUT2D eigenvalue weighted by molar-refractivity contribution is -0.138. The normalized spacial score (nSPS) is 20.1. The van der Waals surface area contributed by atoms with Crippen molar-refractivity contribution in [2.75, 3.05) is 13.1 Å². The van der Waals surface area contributed by atoms with Crippen LogP contribution in [0.4, 0.5) is 0 Å². The maximum Gasteiger partial charge on any atom is 0.253 e. The Kier molecular flexibility index (Phi) is 5.01. The topological polar surface area (TPSA) is 53.0 Å². The average molecular weight is 361 g/mol. The van der Waals surface area contributed by atoms with Crippen LogP contribution in [-0.4, -0.2) is 41.0 Å². The van der Waals surface area contributed by atoms with Crippen LogP contribution >= 0.6 is 0 Å². The first kappa shape index (κ1) is 17.5. The number of benzene rings is 2. The fraction of sp³-hybridized carbons (Fsp3) is 0.318. The van der Waals surface area contributed by atoms with Gasteiger partial charge in [0.25, 0.3) is 5.91 Å². The Morgan fingerprint density at radius 1 is 0.889 bits per heavy atom. The van der Waals surface area contributed by atoms with Gasteiger partial charge in [-0.25, -0.2) is 5.01 Å². The van der Waals surface area contributed by atoms with Gasteiger partial charge in [-0.05, 0) is 30.5 Å². The fourth-order valence-electron chi connectivity index (χ4n) is 3.86. The quantitative estimate of drug-likeness (QED) is 0.840. The molecular weight excluding hydrogens is 338 g/mol. The van der Waals surface area contributed by atoms with Gasteiger partial charge in [-0.15, -0.1) is 0 Å². The van der Waals surface area contributed by atoms with Crippen molar-refractivity contribution in [3.05, 3.63) is 71.8 Å². The summed E-state index contributed by atoms with van der Waals surface area (Å²) in [5, 5.41) is 6.00. The number of carbonyl (C=O) groups excluding carboxylic acids is 2. The molecule has 2 amide bonds. The van der Waals surface area contributed by atoms with E-state index in [0.717, 1.165) is 12.0 Å². The molecule has 1 fully saturated rings. The highest BCUT2D eigenvalue weighted by molar-refractivity contribution is 5.94. The van der Waals surface area contributed by atoms with Crippen LogP contribution in [0.15, 0.2) is 65.8 Å². The molecule has 4 rings (SSSR count). The Hall–Kier alpha value is -2.95. The van der Waals surface area contributed by atoms with E-state index in [1.54, 1.807) is 5.01 Å². The standard InChI is InChI=1S/C22H23N3O2/c26-21(18-9-5-2-6-10-18)24-15-12-19(13-16-24)22(27)25-20(11-14-23-25)17-7-3-1-4-8-17/h1-10,14,19-20H,11-13,15-16H2. The molecule has 5 heteroatoms. The number of piperidine rings is 1. The number of amides is 2. The summed E-state index contributed by atoms with van der Waals surface area (Å²) in [7, 11) is 0. The van der Waals surface area contributed by atoms with Crippen molar-refractivity contribution in [3.8, 4) is 0 Å². The third kappa shape index (κ3) is 3.63. The van der Waals surface area contributed by atoms with E-state index in [1.165, 1.54) is 0 Å². The Morgan fingerprint density at radius 2 is 1.52 bits per heavy atom. The van der Waals surface area contributed by atoms with Crippen molar-refractivity contribution in [2.45, 2.75) is 25.3 Å². The highest BCUT2D eigenvalue weighted by Gasteiger charge is 2.35. The number of nitrogens with zero attached hydrogens (tertiary/aromatic N) is 3. The van der Waals surface area contributed by atoms with E-state index in [0.29, 0.717) is 31.5 Å². The van der Waals surface area contributed by atoms with E-state index < -0.39 is 0 Å². The second kappa shape index (κ2) is 7.74. The van der Waals surface area contributed by atoms with Crippen LogP contribution in [0.5, 0.6) is 0 Å². The molecule has 0 saturated carbocycles. The maximum absolute atomic E-state index is 13.0. The average Bonchev–Trinajstić information content (AvgIpc) is 3.24. The molecule has 0 spiro atoms. The molecule has 2 aromatic rings. The van der Waals surface area contributed by atoms with Crippen LogP contribution in [0, 0.1) is 5.92 Å². The Labute approximate surface area is 159 Å². The van der Waals surface area contributed by atoms with Gasteiger partial charge in [0.15, 0.2) is 0 Å². The first-order valence-electron chi connectivity index (χ1n) is 9.49. The molecule has 138 valence electrons. The zero-order valence-corrected chi connectivity index (χ0v) is 15.2. The molecule has 0 N–H and O–H groups in total. The van der Waals surface area contributed by atoms with Gasteiger partial charge in [0.05, 0.1) is 6.04 Å². The molecule has 0 radical (unpaired) electrons. The summed E-state index contributed by atoms with van der Waals surface area (Å²) >= 11 is 0.